The third-order valence-electron chi connectivity index (χ3n) is 8.44. The number of hydrogen-bond donors (Lipinski definition) is 3. The minimum Gasteiger partial charge on any atom is -0.493 e. The molecule has 6 nitrogen and oxygen atoms in total. The summed E-state index contributed by atoms with van der Waals surface area (Å²) >= 11 is 0. The fourth-order valence-corrected chi connectivity index (χ4v) is 6.07. The van der Waals surface area contributed by atoms with Gasteiger partial charge in [-0.15, -0.1) is 0 Å². The third-order valence-corrected chi connectivity index (χ3v) is 8.44. The Morgan fingerprint density at radius 2 is 1.74 bits per heavy atom. The van der Waals surface area contributed by atoms with E-state index in [9.17, 15) is 20.1 Å². The summed E-state index contributed by atoms with van der Waals surface area (Å²) in [5, 5.41) is 28.5. The van der Waals surface area contributed by atoms with Gasteiger partial charge in [0, 0.05) is 11.3 Å². The molecule has 0 spiro atoms. The molecular weight excluding hydrogens is 492 g/mol. The van der Waals surface area contributed by atoms with Crippen LogP contribution in [0, 0.1) is 31.1 Å². The summed E-state index contributed by atoms with van der Waals surface area (Å²) < 4.78 is 12.3. The molecule has 0 aliphatic heterocycles. The molecule has 2 aliphatic rings. The lowest BCUT2D eigenvalue weighted by atomic mass is 9.93. The van der Waals surface area contributed by atoms with E-state index in [0.29, 0.717) is 6.61 Å². The molecule has 3 aromatic carbocycles. The first-order valence-electron chi connectivity index (χ1n) is 13.7. The van der Waals surface area contributed by atoms with Crippen LogP contribution in [0.1, 0.15) is 53.1 Å². The quantitative estimate of drug-likeness (QED) is 0.305. The highest BCUT2D eigenvalue weighted by atomic mass is 16.5. The molecule has 0 saturated heterocycles. The molecule has 3 unspecified atom stereocenters. The van der Waals surface area contributed by atoms with Crippen molar-refractivity contribution in [1.82, 2.24) is 0 Å². The van der Waals surface area contributed by atoms with E-state index in [1.807, 2.05) is 18.2 Å². The van der Waals surface area contributed by atoms with E-state index in [4.69, 9.17) is 9.47 Å². The fraction of sp³-hybridized carbons (Fsp3) is 0.424. The van der Waals surface area contributed by atoms with E-state index >= 15 is 0 Å². The average Bonchev–Trinajstić information content (AvgIpc) is 3.53. The molecule has 206 valence electrons. The Balaban J connectivity index is 1.31. The number of carboxylic acid groups (broad SMARTS) is 1. The van der Waals surface area contributed by atoms with E-state index < -0.39 is 11.4 Å². The summed E-state index contributed by atoms with van der Waals surface area (Å²) in [5.41, 5.74) is 8.38. The molecule has 5 rings (SSSR count). The van der Waals surface area contributed by atoms with Gasteiger partial charge < -0.3 is 24.8 Å². The molecule has 0 amide bonds. The summed E-state index contributed by atoms with van der Waals surface area (Å²) in [7, 11) is 0. The predicted octanol–water partition coefficient (Wildman–Crippen LogP) is 5.45. The molecular formula is C33H38O6. The second-order valence-corrected chi connectivity index (χ2v) is 11.6. The Morgan fingerprint density at radius 1 is 1.03 bits per heavy atom. The molecule has 1 saturated carbocycles. The van der Waals surface area contributed by atoms with Gasteiger partial charge in [-0.25, -0.2) is 0 Å². The van der Waals surface area contributed by atoms with Crippen LogP contribution in [0.25, 0.3) is 11.1 Å². The van der Waals surface area contributed by atoms with E-state index in [2.05, 4.69) is 51.1 Å². The van der Waals surface area contributed by atoms with E-state index in [0.717, 1.165) is 57.7 Å². The SMILES string of the molecule is CCc1cc2c(cc1OCc1cccc(-c3c(C)cc(OCC(C)(CO)CO)cc3C)c1)CC1C(C(=O)O)C21. The molecule has 0 bridgehead atoms. The minimum absolute atomic E-state index is 0.147. The van der Waals surface area contributed by atoms with Gasteiger partial charge in [-0.1, -0.05) is 38.1 Å². The number of aliphatic hydroxyl groups excluding tert-OH is 2. The van der Waals surface area contributed by atoms with Crippen LogP contribution in [0.2, 0.25) is 0 Å². The van der Waals surface area contributed by atoms with Crippen molar-refractivity contribution in [2.75, 3.05) is 19.8 Å². The van der Waals surface area contributed by atoms with Gasteiger partial charge in [-0.3, -0.25) is 4.79 Å². The highest BCUT2D eigenvalue weighted by molar-refractivity contribution is 5.78. The van der Waals surface area contributed by atoms with Crippen LogP contribution in [0.3, 0.4) is 0 Å². The Labute approximate surface area is 230 Å². The molecule has 3 N–H and O–H groups in total. The van der Waals surface area contributed by atoms with Gasteiger partial charge in [-0.2, -0.15) is 0 Å². The van der Waals surface area contributed by atoms with E-state index in [-0.39, 0.29) is 37.6 Å². The van der Waals surface area contributed by atoms with Gasteiger partial charge >= 0.3 is 5.97 Å². The first-order valence-corrected chi connectivity index (χ1v) is 13.7. The third kappa shape index (κ3) is 5.28. The van der Waals surface area contributed by atoms with Crippen molar-refractivity contribution in [2.45, 2.75) is 53.1 Å². The largest absolute Gasteiger partial charge is 0.493 e. The molecule has 0 radical (unpaired) electrons. The van der Waals surface area contributed by atoms with Crippen LogP contribution in [0.5, 0.6) is 11.5 Å². The summed E-state index contributed by atoms with van der Waals surface area (Å²) in [4.78, 5) is 11.5. The first kappa shape index (κ1) is 27.2. The number of aliphatic hydroxyl groups is 2. The molecule has 0 heterocycles. The Hall–Kier alpha value is -3.35. The average molecular weight is 531 g/mol. The van der Waals surface area contributed by atoms with E-state index in [1.165, 1.54) is 11.1 Å². The maximum atomic E-state index is 11.5. The number of rotatable bonds is 11. The number of ether oxygens (including phenoxy) is 2. The first-order chi connectivity index (χ1) is 18.7. The molecule has 3 atom stereocenters. The lowest BCUT2D eigenvalue weighted by molar-refractivity contribution is -0.139. The maximum Gasteiger partial charge on any atom is 0.307 e. The number of carbonyl (C=O) groups is 1. The van der Waals surface area contributed by atoms with Crippen molar-refractivity contribution in [2.24, 2.45) is 17.3 Å². The Kier molecular flexibility index (Phi) is 7.45. The van der Waals surface area contributed by atoms with Crippen molar-refractivity contribution < 1.29 is 29.6 Å². The molecule has 2 aliphatic carbocycles. The van der Waals surface area contributed by atoms with Crippen molar-refractivity contribution >= 4 is 5.97 Å². The summed E-state index contributed by atoms with van der Waals surface area (Å²) in [6.07, 6.45) is 1.66. The minimum atomic E-state index is -0.688. The van der Waals surface area contributed by atoms with Crippen molar-refractivity contribution in [3.63, 3.8) is 0 Å². The molecule has 1 fully saturated rings. The number of aliphatic carboxylic acids is 1. The van der Waals surface area contributed by atoms with Crippen LogP contribution in [-0.2, 0) is 24.2 Å². The lowest BCUT2D eigenvalue weighted by Crippen LogP contribution is -2.33. The molecule has 39 heavy (non-hydrogen) atoms. The van der Waals surface area contributed by atoms with Gasteiger partial charge in [0.1, 0.15) is 18.1 Å². The second kappa shape index (κ2) is 10.7. The smallest absolute Gasteiger partial charge is 0.307 e. The molecule has 0 aromatic heterocycles. The van der Waals surface area contributed by atoms with Crippen molar-refractivity contribution in [3.05, 3.63) is 81.9 Å². The topological polar surface area (TPSA) is 96.2 Å². The zero-order chi connectivity index (χ0) is 27.9. The van der Waals surface area contributed by atoms with Gasteiger partial charge in [0.15, 0.2) is 0 Å². The Morgan fingerprint density at radius 3 is 2.38 bits per heavy atom. The van der Waals surface area contributed by atoms with Gasteiger partial charge in [-0.05, 0) is 101 Å². The second-order valence-electron chi connectivity index (χ2n) is 11.6. The number of benzene rings is 3. The van der Waals surface area contributed by atoms with Gasteiger partial charge in [0.25, 0.3) is 0 Å². The number of carboxylic acids is 1. The molecule has 3 aromatic rings. The number of aryl methyl sites for hydroxylation is 3. The highest BCUT2D eigenvalue weighted by Gasteiger charge is 2.59. The number of fused-ring (bicyclic) bond motifs is 3. The lowest BCUT2D eigenvalue weighted by Gasteiger charge is -2.25. The summed E-state index contributed by atoms with van der Waals surface area (Å²) in [6, 6.07) is 16.7. The van der Waals surface area contributed by atoms with Crippen LogP contribution in [0.15, 0.2) is 48.5 Å². The van der Waals surface area contributed by atoms with Crippen molar-refractivity contribution in [3.8, 4) is 22.6 Å². The monoisotopic (exact) mass is 530 g/mol. The molecule has 6 heteroatoms. The van der Waals surface area contributed by atoms with Crippen LogP contribution >= 0.6 is 0 Å². The van der Waals surface area contributed by atoms with Crippen LogP contribution in [-0.4, -0.2) is 41.1 Å². The van der Waals surface area contributed by atoms with Crippen molar-refractivity contribution in [1.29, 1.82) is 0 Å². The van der Waals surface area contributed by atoms with E-state index in [1.54, 1.807) is 6.92 Å². The summed E-state index contributed by atoms with van der Waals surface area (Å²) in [5.74, 6) is 1.13. The van der Waals surface area contributed by atoms with Crippen LogP contribution < -0.4 is 9.47 Å². The standard InChI is InChI=1S/C33H38O6/c1-5-22-12-26-24(13-27-30(26)31(27)32(36)37)14-28(22)38-15-21-7-6-8-23(11-21)29-19(2)9-25(10-20(29)3)39-18-33(4,16-34)17-35/h6-12,14,27,30-31,34-35H,5,13,15-18H2,1-4H3,(H,36,37). The van der Waals surface area contributed by atoms with Crippen LogP contribution in [0.4, 0.5) is 0 Å². The zero-order valence-corrected chi connectivity index (χ0v) is 23.2. The normalized spacial score (nSPS) is 19.4. The maximum absolute atomic E-state index is 11.5. The van der Waals surface area contributed by atoms with Gasteiger partial charge in [0.05, 0.1) is 25.7 Å². The summed E-state index contributed by atoms with van der Waals surface area (Å²) in [6.45, 7) is 8.41. The predicted molar refractivity (Wildman–Crippen MR) is 150 cm³/mol. The number of hydrogen-bond acceptors (Lipinski definition) is 5. The fourth-order valence-electron chi connectivity index (χ4n) is 6.07. The highest BCUT2D eigenvalue weighted by Crippen LogP contribution is 2.62. The zero-order valence-electron chi connectivity index (χ0n) is 23.2. The van der Waals surface area contributed by atoms with Gasteiger partial charge in [0.2, 0.25) is 0 Å². The Bertz CT molecular complexity index is 1370.